The Kier molecular flexibility index (Phi) is 5.39. The minimum atomic E-state index is -0.564. The molecule has 0 fully saturated rings. The van der Waals surface area contributed by atoms with Crippen molar-refractivity contribution >= 4 is 11.6 Å². The van der Waals surface area contributed by atoms with Crippen molar-refractivity contribution in [2.24, 2.45) is 5.73 Å². The first-order valence-corrected chi connectivity index (χ1v) is 7.66. The monoisotopic (exact) mass is 316 g/mol. The Labute approximate surface area is 136 Å². The van der Waals surface area contributed by atoms with Crippen LogP contribution in [0.1, 0.15) is 35.4 Å². The maximum Gasteiger partial charge on any atom is 0.268 e. The van der Waals surface area contributed by atoms with Gasteiger partial charge in [-0.3, -0.25) is 4.79 Å². The number of rotatable bonds is 7. The summed E-state index contributed by atoms with van der Waals surface area (Å²) in [5.41, 5.74) is 7.84. The fourth-order valence-corrected chi connectivity index (χ4v) is 2.75. The number of imidazole rings is 1. The molecule has 1 aromatic heterocycles. The average molecular weight is 316 g/mol. The van der Waals surface area contributed by atoms with Crippen molar-refractivity contribution in [1.82, 2.24) is 9.55 Å². The van der Waals surface area contributed by atoms with E-state index in [4.69, 9.17) is 5.73 Å². The first kappa shape index (κ1) is 17.0. The molecule has 0 spiro atoms. The van der Waals surface area contributed by atoms with Crippen molar-refractivity contribution in [3.05, 3.63) is 48.0 Å². The van der Waals surface area contributed by atoms with Crippen LogP contribution in [0.5, 0.6) is 0 Å². The first-order valence-electron chi connectivity index (χ1n) is 7.66. The number of carbonyl (C=O) groups is 1. The predicted octanol–water partition coefficient (Wildman–Crippen LogP) is 1.60. The van der Waals surface area contributed by atoms with Gasteiger partial charge in [-0.1, -0.05) is 18.2 Å². The van der Waals surface area contributed by atoms with Crippen molar-refractivity contribution in [1.29, 1.82) is 0 Å². The highest BCUT2D eigenvalue weighted by atomic mass is 16.3. The number of carbonyl (C=O) groups excluding carboxylic acids is 1. The van der Waals surface area contributed by atoms with Gasteiger partial charge in [-0.2, -0.15) is 0 Å². The molecule has 0 saturated carbocycles. The van der Waals surface area contributed by atoms with E-state index in [-0.39, 0.29) is 11.7 Å². The number of amides is 1. The molecule has 0 aliphatic heterocycles. The zero-order valence-electron chi connectivity index (χ0n) is 13.8. The van der Waals surface area contributed by atoms with Crippen molar-refractivity contribution in [2.75, 3.05) is 19.0 Å². The maximum atomic E-state index is 11.2. The molecule has 0 saturated heterocycles. The molecule has 0 radical (unpaired) electrons. The van der Waals surface area contributed by atoms with Crippen LogP contribution in [0.3, 0.4) is 0 Å². The van der Waals surface area contributed by atoms with E-state index < -0.39 is 12.0 Å². The molecule has 2 atom stereocenters. The van der Waals surface area contributed by atoms with Crippen LogP contribution in [-0.2, 0) is 6.42 Å². The number of aliphatic hydroxyl groups is 1. The highest BCUT2D eigenvalue weighted by molar-refractivity contribution is 5.90. The minimum Gasteiger partial charge on any atom is -0.391 e. The number of primary amides is 1. The molecule has 3 N–H and O–H groups in total. The highest BCUT2D eigenvalue weighted by Gasteiger charge is 2.19. The van der Waals surface area contributed by atoms with Gasteiger partial charge in [-0.15, -0.1) is 0 Å². The summed E-state index contributed by atoms with van der Waals surface area (Å²) in [6.45, 7) is 1.74. The number of nitrogens with two attached hydrogens (primary N) is 1. The Morgan fingerprint density at radius 1 is 1.39 bits per heavy atom. The van der Waals surface area contributed by atoms with E-state index in [0.29, 0.717) is 0 Å². The summed E-state index contributed by atoms with van der Waals surface area (Å²) >= 11 is 0. The summed E-state index contributed by atoms with van der Waals surface area (Å²) in [6, 6.07) is 8.04. The Bertz CT molecular complexity index is 664. The zero-order chi connectivity index (χ0) is 17.0. The molecule has 6 heteroatoms. The van der Waals surface area contributed by atoms with Gasteiger partial charge in [0.1, 0.15) is 5.69 Å². The second kappa shape index (κ2) is 7.28. The number of benzene rings is 1. The summed E-state index contributed by atoms with van der Waals surface area (Å²) < 4.78 is 1.77. The van der Waals surface area contributed by atoms with Gasteiger partial charge >= 0.3 is 0 Å². The summed E-state index contributed by atoms with van der Waals surface area (Å²) in [5.74, 6) is -0.564. The number of anilines is 1. The second-order valence-electron chi connectivity index (χ2n) is 5.94. The zero-order valence-corrected chi connectivity index (χ0v) is 13.8. The van der Waals surface area contributed by atoms with E-state index in [2.05, 4.69) is 22.0 Å². The van der Waals surface area contributed by atoms with Crippen LogP contribution in [0.15, 0.2) is 36.8 Å². The molecule has 0 bridgehead atoms. The fraction of sp³-hybridized carbons (Fsp3) is 0.412. The molecule has 1 heterocycles. The van der Waals surface area contributed by atoms with Gasteiger partial charge in [0.2, 0.25) is 0 Å². The van der Waals surface area contributed by atoms with E-state index in [1.165, 1.54) is 11.3 Å². The van der Waals surface area contributed by atoms with Crippen molar-refractivity contribution < 1.29 is 9.90 Å². The van der Waals surface area contributed by atoms with Crippen molar-refractivity contribution in [3.63, 3.8) is 0 Å². The Morgan fingerprint density at radius 2 is 2.09 bits per heavy atom. The lowest BCUT2D eigenvalue weighted by atomic mass is 10.00. The van der Waals surface area contributed by atoms with Crippen LogP contribution in [0.4, 0.5) is 5.69 Å². The molecule has 23 heavy (non-hydrogen) atoms. The second-order valence-corrected chi connectivity index (χ2v) is 5.94. The van der Waals surface area contributed by atoms with Crippen LogP contribution >= 0.6 is 0 Å². The molecule has 1 amide bonds. The number of hydrogen-bond acceptors (Lipinski definition) is 4. The van der Waals surface area contributed by atoms with Crippen LogP contribution in [0.25, 0.3) is 0 Å². The number of nitrogens with zero attached hydrogens (tertiary/aromatic N) is 3. The van der Waals surface area contributed by atoms with Crippen LogP contribution in [0.2, 0.25) is 0 Å². The van der Waals surface area contributed by atoms with Crippen LogP contribution in [0, 0.1) is 0 Å². The smallest absolute Gasteiger partial charge is 0.268 e. The van der Waals surface area contributed by atoms with Gasteiger partial charge in [-0.25, -0.2) is 4.98 Å². The fourth-order valence-electron chi connectivity index (χ4n) is 2.75. The maximum absolute atomic E-state index is 11.2. The van der Waals surface area contributed by atoms with Crippen molar-refractivity contribution in [3.8, 4) is 0 Å². The molecule has 124 valence electrons. The topological polar surface area (TPSA) is 84.4 Å². The predicted molar refractivity (Wildman–Crippen MR) is 90.6 cm³/mol. The van der Waals surface area contributed by atoms with Gasteiger partial charge in [0, 0.05) is 26.0 Å². The number of aliphatic hydroxyl groups excluding tert-OH is 1. The molecule has 2 rings (SSSR count). The molecular formula is C17H24N4O2. The lowest BCUT2D eigenvalue weighted by molar-refractivity contribution is 0.0994. The van der Waals surface area contributed by atoms with Crippen molar-refractivity contribution in [2.45, 2.75) is 31.9 Å². The third-order valence-electron chi connectivity index (χ3n) is 3.98. The molecule has 0 aliphatic carbocycles. The quantitative estimate of drug-likeness (QED) is 0.812. The van der Waals surface area contributed by atoms with Gasteiger partial charge < -0.3 is 20.3 Å². The molecular weight excluding hydrogens is 292 g/mol. The molecule has 6 nitrogen and oxygen atoms in total. The Morgan fingerprint density at radius 3 is 2.65 bits per heavy atom. The first-order chi connectivity index (χ1) is 10.9. The lowest BCUT2D eigenvalue weighted by Gasteiger charge is -2.23. The molecule has 2 aromatic rings. The summed E-state index contributed by atoms with van der Waals surface area (Å²) in [7, 11) is 4.03. The van der Waals surface area contributed by atoms with Crippen LogP contribution < -0.4 is 10.6 Å². The normalized spacial score (nSPS) is 13.6. The third-order valence-corrected chi connectivity index (χ3v) is 3.98. The van der Waals surface area contributed by atoms with Gasteiger partial charge in [0.15, 0.2) is 0 Å². The minimum absolute atomic E-state index is 0.161. The molecule has 2 unspecified atom stereocenters. The average Bonchev–Trinajstić information content (AvgIpc) is 2.97. The molecule has 0 aliphatic rings. The standard InChI is InChI=1S/C17H24N4O2/c1-12(22)15(21-10-14(17(18)23)19-11-21)9-8-13-6-4-5-7-16(13)20(2)3/h4-7,10-12,15,22H,8-9H2,1-3H3,(H2,18,23). The Balaban J connectivity index is 2.16. The van der Waals surface area contributed by atoms with E-state index in [1.54, 1.807) is 24.0 Å². The van der Waals surface area contributed by atoms with E-state index in [1.807, 2.05) is 26.2 Å². The molecule has 1 aromatic carbocycles. The third kappa shape index (κ3) is 4.10. The Hall–Kier alpha value is -2.34. The van der Waals surface area contributed by atoms with Gasteiger partial charge in [-0.05, 0) is 31.4 Å². The largest absolute Gasteiger partial charge is 0.391 e. The number of aromatic nitrogens is 2. The summed E-state index contributed by atoms with van der Waals surface area (Å²) in [6.07, 6.45) is 4.13. The lowest BCUT2D eigenvalue weighted by Crippen LogP contribution is -2.22. The van der Waals surface area contributed by atoms with E-state index in [9.17, 15) is 9.90 Å². The summed E-state index contributed by atoms with van der Waals surface area (Å²) in [4.78, 5) is 17.3. The van der Waals surface area contributed by atoms with Crippen LogP contribution in [-0.4, -0.2) is 40.8 Å². The van der Waals surface area contributed by atoms with E-state index >= 15 is 0 Å². The number of aryl methyl sites for hydroxylation is 1. The number of hydrogen-bond donors (Lipinski definition) is 2. The summed E-state index contributed by atoms with van der Waals surface area (Å²) in [5, 5.41) is 10.1. The van der Waals surface area contributed by atoms with E-state index in [0.717, 1.165) is 12.8 Å². The number of para-hydroxylation sites is 1. The SMILES string of the molecule is CC(O)C(CCc1ccccc1N(C)C)n1cnc(C(N)=O)c1. The van der Waals surface area contributed by atoms with Gasteiger partial charge in [0.05, 0.1) is 18.5 Å². The van der Waals surface area contributed by atoms with Gasteiger partial charge in [0.25, 0.3) is 5.91 Å². The highest BCUT2D eigenvalue weighted by Crippen LogP contribution is 2.24.